The van der Waals surface area contributed by atoms with Crippen LogP contribution in [0.3, 0.4) is 0 Å². The third-order valence-electron chi connectivity index (χ3n) is 4.07. The molecule has 0 aliphatic carbocycles. The molecule has 0 aromatic heterocycles. The highest BCUT2D eigenvalue weighted by molar-refractivity contribution is 5.41. The summed E-state index contributed by atoms with van der Waals surface area (Å²) in [6.45, 7) is 11.4. The molecule has 0 heterocycles. The fourth-order valence-electron chi connectivity index (χ4n) is 3.39. The number of phenolic OH excluding ortho intramolecular Hbond substituents is 1. The maximum absolute atomic E-state index is 10.2. The Bertz CT molecular complexity index is 618. The average Bonchev–Trinajstić information content (AvgIpc) is 2.39. The number of aromatic hydroxyl groups is 1. The summed E-state index contributed by atoms with van der Waals surface area (Å²) < 4.78 is 0. The first-order valence-corrected chi connectivity index (χ1v) is 8.04. The van der Waals surface area contributed by atoms with E-state index in [0.29, 0.717) is 5.75 Å². The van der Waals surface area contributed by atoms with Gasteiger partial charge < -0.3 is 5.11 Å². The fourth-order valence-corrected chi connectivity index (χ4v) is 3.39. The lowest BCUT2D eigenvalue weighted by molar-refractivity contribution is 0.284. The van der Waals surface area contributed by atoms with Crippen molar-refractivity contribution in [3.8, 4) is 5.75 Å². The molecular formula is C21H28O. The summed E-state index contributed by atoms with van der Waals surface area (Å²) in [6.07, 6.45) is 1.88. The molecule has 0 amide bonds. The number of hydrogen-bond donors (Lipinski definition) is 1. The van der Waals surface area contributed by atoms with Gasteiger partial charge in [0.05, 0.1) is 0 Å². The van der Waals surface area contributed by atoms with Crippen LogP contribution in [0.1, 0.15) is 57.7 Å². The Labute approximate surface area is 135 Å². The molecule has 0 saturated carbocycles. The van der Waals surface area contributed by atoms with E-state index in [0.717, 1.165) is 18.4 Å². The summed E-state index contributed by atoms with van der Waals surface area (Å²) >= 11 is 0. The lowest BCUT2D eigenvalue weighted by Crippen LogP contribution is -2.24. The predicted molar refractivity (Wildman–Crippen MR) is 94.5 cm³/mol. The van der Waals surface area contributed by atoms with Crippen LogP contribution >= 0.6 is 0 Å². The second-order valence-electron chi connectivity index (χ2n) is 8.13. The van der Waals surface area contributed by atoms with Crippen molar-refractivity contribution in [2.24, 2.45) is 5.41 Å². The summed E-state index contributed by atoms with van der Waals surface area (Å²) in [4.78, 5) is 0. The van der Waals surface area contributed by atoms with Crippen LogP contribution < -0.4 is 0 Å². The number of phenols is 1. The van der Waals surface area contributed by atoms with Crippen LogP contribution in [-0.2, 0) is 11.8 Å². The molecule has 118 valence electrons. The van der Waals surface area contributed by atoms with E-state index < -0.39 is 0 Å². The van der Waals surface area contributed by atoms with Crippen LogP contribution in [0.15, 0.2) is 48.5 Å². The summed E-state index contributed by atoms with van der Waals surface area (Å²) in [6, 6.07) is 16.4. The lowest BCUT2D eigenvalue weighted by Gasteiger charge is -2.33. The lowest BCUT2D eigenvalue weighted by atomic mass is 9.72. The van der Waals surface area contributed by atoms with Crippen molar-refractivity contribution in [1.82, 2.24) is 0 Å². The van der Waals surface area contributed by atoms with Gasteiger partial charge in [0, 0.05) is 6.42 Å². The normalized spacial score (nSPS) is 12.4. The van der Waals surface area contributed by atoms with Gasteiger partial charge in [-0.05, 0) is 40.0 Å². The van der Waals surface area contributed by atoms with E-state index in [1.165, 1.54) is 11.1 Å². The van der Waals surface area contributed by atoms with E-state index in [9.17, 15) is 5.11 Å². The van der Waals surface area contributed by atoms with Crippen LogP contribution in [0.4, 0.5) is 0 Å². The van der Waals surface area contributed by atoms with E-state index >= 15 is 0 Å². The Balaban J connectivity index is 2.30. The van der Waals surface area contributed by atoms with Crippen molar-refractivity contribution < 1.29 is 5.11 Å². The third kappa shape index (κ3) is 4.37. The van der Waals surface area contributed by atoms with Gasteiger partial charge >= 0.3 is 0 Å². The monoisotopic (exact) mass is 296 g/mol. The topological polar surface area (TPSA) is 20.2 Å². The second kappa shape index (κ2) is 6.16. The molecule has 0 fully saturated rings. The minimum atomic E-state index is 0.0946. The Kier molecular flexibility index (Phi) is 4.65. The summed E-state index contributed by atoms with van der Waals surface area (Å²) in [7, 11) is 0. The molecule has 2 aromatic rings. The molecule has 0 aliphatic heterocycles. The molecule has 1 heteroatoms. The zero-order valence-corrected chi connectivity index (χ0v) is 14.5. The maximum atomic E-state index is 10.2. The quantitative estimate of drug-likeness (QED) is 0.767. The summed E-state index contributed by atoms with van der Waals surface area (Å²) in [5.74, 6) is 0.388. The zero-order valence-electron chi connectivity index (χ0n) is 14.5. The van der Waals surface area contributed by atoms with Crippen molar-refractivity contribution in [3.05, 3.63) is 65.2 Å². The summed E-state index contributed by atoms with van der Waals surface area (Å²) in [5, 5.41) is 10.2. The van der Waals surface area contributed by atoms with E-state index in [4.69, 9.17) is 0 Å². The Hall–Kier alpha value is -1.76. The van der Waals surface area contributed by atoms with Crippen LogP contribution in [-0.4, -0.2) is 5.11 Å². The predicted octanol–water partition coefficient (Wildman–Crippen LogP) is 5.70. The van der Waals surface area contributed by atoms with Gasteiger partial charge in [0.2, 0.25) is 0 Å². The van der Waals surface area contributed by atoms with E-state index in [2.05, 4.69) is 58.9 Å². The second-order valence-corrected chi connectivity index (χ2v) is 8.13. The van der Waals surface area contributed by atoms with Gasteiger partial charge in [-0.3, -0.25) is 0 Å². The van der Waals surface area contributed by atoms with Crippen molar-refractivity contribution in [2.75, 3.05) is 0 Å². The average molecular weight is 296 g/mol. The van der Waals surface area contributed by atoms with Crippen LogP contribution in [0.25, 0.3) is 0 Å². The highest BCUT2D eigenvalue weighted by Gasteiger charge is 2.27. The van der Waals surface area contributed by atoms with Crippen LogP contribution in [0, 0.1) is 5.41 Å². The Morgan fingerprint density at radius 1 is 0.864 bits per heavy atom. The SMILES string of the molecule is CC(C)(C)CC(C)(C)c1ccc(O)c(Cc2ccccc2)c1. The molecule has 1 N–H and O–H groups in total. The van der Waals surface area contributed by atoms with Gasteiger partial charge in [-0.25, -0.2) is 0 Å². The molecular weight excluding hydrogens is 268 g/mol. The summed E-state index contributed by atoms with van der Waals surface area (Å²) in [5.41, 5.74) is 3.90. The highest BCUT2D eigenvalue weighted by atomic mass is 16.3. The molecule has 2 rings (SSSR count). The highest BCUT2D eigenvalue weighted by Crippen LogP contribution is 2.37. The van der Waals surface area contributed by atoms with Crippen LogP contribution in [0.5, 0.6) is 5.75 Å². The number of benzene rings is 2. The zero-order chi connectivity index (χ0) is 16.4. The minimum absolute atomic E-state index is 0.0946. The Morgan fingerprint density at radius 3 is 2.09 bits per heavy atom. The molecule has 0 bridgehead atoms. The van der Waals surface area contributed by atoms with Crippen LogP contribution in [0.2, 0.25) is 0 Å². The smallest absolute Gasteiger partial charge is 0.119 e. The molecule has 0 saturated heterocycles. The van der Waals surface area contributed by atoms with Crippen molar-refractivity contribution in [1.29, 1.82) is 0 Å². The molecule has 0 atom stereocenters. The first kappa shape index (κ1) is 16.6. The van der Waals surface area contributed by atoms with Gasteiger partial charge in [0.15, 0.2) is 0 Å². The fraction of sp³-hybridized carbons (Fsp3) is 0.429. The minimum Gasteiger partial charge on any atom is -0.508 e. The van der Waals surface area contributed by atoms with Gasteiger partial charge in [-0.1, -0.05) is 77.1 Å². The molecule has 0 radical (unpaired) electrons. The molecule has 0 aliphatic rings. The largest absolute Gasteiger partial charge is 0.508 e. The third-order valence-corrected chi connectivity index (χ3v) is 4.07. The Morgan fingerprint density at radius 2 is 1.50 bits per heavy atom. The van der Waals surface area contributed by atoms with Gasteiger partial charge in [0.1, 0.15) is 5.75 Å². The molecule has 0 spiro atoms. The van der Waals surface area contributed by atoms with E-state index in [1.54, 1.807) is 0 Å². The van der Waals surface area contributed by atoms with Gasteiger partial charge in [-0.2, -0.15) is 0 Å². The standard InChI is InChI=1S/C21H28O/c1-20(2,3)15-21(4,5)18-11-12-19(22)17(14-18)13-16-9-7-6-8-10-16/h6-12,14,22H,13,15H2,1-5H3. The first-order valence-electron chi connectivity index (χ1n) is 8.04. The van der Waals surface area contributed by atoms with Gasteiger partial charge in [-0.15, -0.1) is 0 Å². The molecule has 2 aromatic carbocycles. The van der Waals surface area contributed by atoms with Crippen molar-refractivity contribution in [3.63, 3.8) is 0 Å². The molecule has 1 nitrogen and oxygen atoms in total. The maximum Gasteiger partial charge on any atom is 0.119 e. The van der Waals surface area contributed by atoms with Crippen molar-refractivity contribution in [2.45, 2.75) is 52.9 Å². The first-order chi connectivity index (χ1) is 10.2. The number of hydrogen-bond acceptors (Lipinski definition) is 1. The van der Waals surface area contributed by atoms with Gasteiger partial charge in [0.25, 0.3) is 0 Å². The molecule has 22 heavy (non-hydrogen) atoms. The molecule has 0 unspecified atom stereocenters. The van der Waals surface area contributed by atoms with E-state index in [-0.39, 0.29) is 10.8 Å². The number of rotatable bonds is 4. The van der Waals surface area contributed by atoms with E-state index in [1.807, 2.05) is 24.3 Å². The van der Waals surface area contributed by atoms with Crippen molar-refractivity contribution >= 4 is 0 Å².